The summed E-state index contributed by atoms with van der Waals surface area (Å²) in [5.41, 5.74) is 0. The lowest BCUT2D eigenvalue weighted by Crippen LogP contribution is -2.44. The predicted molar refractivity (Wildman–Crippen MR) is 37.2 cm³/mol. The standard InChI is InChI=1S/C6H14N2O2/c1-8(7)5-2-3-10-6(5)4-9/h5-6,9H,2-4,7H2,1H3. The van der Waals surface area contributed by atoms with E-state index < -0.39 is 0 Å². The summed E-state index contributed by atoms with van der Waals surface area (Å²) in [5, 5.41) is 10.4. The number of likely N-dealkylation sites (N-methyl/N-ethyl adjacent to an activating group) is 1. The van der Waals surface area contributed by atoms with Crippen LogP contribution in [-0.4, -0.2) is 42.5 Å². The number of nitrogens with zero attached hydrogens (tertiary/aromatic N) is 1. The molecule has 1 saturated heterocycles. The summed E-state index contributed by atoms with van der Waals surface area (Å²) in [6, 6.07) is 0.185. The highest BCUT2D eigenvalue weighted by molar-refractivity contribution is 4.80. The first-order valence-corrected chi connectivity index (χ1v) is 3.45. The van der Waals surface area contributed by atoms with Gasteiger partial charge in [-0.1, -0.05) is 0 Å². The minimum absolute atomic E-state index is 0.0617. The topological polar surface area (TPSA) is 58.7 Å². The number of hydrogen-bond acceptors (Lipinski definition) is 4. The molecule has 2 unspecified atom stereocenters. The summed E-state index contributed by atoms with van der Waals surface area (Å²) < 4.78 is 5.20. The molecule has 3 N–H and O–H groups in total. The number of rotatable bonds is 2. The van der Waals surface area contributed by atoms with Gasteiger partial charge in [-0.05, 0) is 6.42 Å². The molecule has 4 heteroatoms. The van der Waals surface area contributed by atoms with Crippen LogP contribution in [0.4, 0.5) is 0 Å². The lowest BCUT2D eigenvalue weighted by Gasteiger charge is -2.22. The Hall–Kier alpha value is -0.160. The minimum atomic E-state index is -0.0880. The van der Waals surface area contributed by atoms with Crippen molar-refractivity contribution >= 4 is 0 Å². The molecule has 0 aromatic rings. The van der Waals surface area contributed by atoms with E-state index >= 15 is 0 Å². The molecule has 0 spiro atoms. The minimum Gasteiger partial charge on any atom is -0.394 e. The Balaban J connectivity index is 2.42. The average molecular weight is 146 g/mol. The molecule has 60 valence electrons. The van der Waals surface area contributed by atoms with Gasteiger partial charge >= 0.3 is 0 Å². The highest BCUT2D eigenvalue weighted by atomic mass is 16.5. The zero-order chi connectivity index (χ0) is 7.56. The van der Waals surface area contributed by atoms with Crippen molar-refractivity contribution in [2.24, 2.45) is 5.84 Å². The van der Waals surface area contributed by atoms with E-state index in [9.17, 15) is 0 Å². The Morgan fingerprint density at radius 1 is 1.80 bits per heavy atom. The van der Waals surface area contributed by atoms with Crippen molar-refractivity contribution in [2.75, 3.05) is 20.3 Å². The van der Waals surface area contributed by atoms with Crippen LogP contribution >= 0.6 is 0 Å². The Bertz CT molecular complexity index is 108. The molecule has 0 aromatic heterocycles. The van der Waals surface area contributed by atoms with E-state index in [1.165, 1.54) is 0 Å². The van der Waals surface area contributed by atoms with E-state index in [1.54, 1.807) is 12.1 Å². The predicted octanol–water partition coefficient (Wildman–Crippen LogP) is -1.06. The van der Waals surface area contributed by atoms with Crippen LogP contribution in [0.3, 0.4) is 0 Å². The molecule has 0 amide bonds. The fourth-order valence-corrected chi connectivity index (χ4v) is 1.28. The summed E-state index contributed by atoms with van der Waals surface area (Å²) in [4.78, 5) is 0. The third-order valence-corrected chi connectivity index (χ3v) is 1.88. The van der Waals surface area contributed by atoms with Crippen molar-refractivity contribution in [2.45, 2.75) is 18.6 Å². The second-order valence-corrected chi connectivity index (χ2v) is 2.61. The largest absolute Gasteiger partial charge is 0.394 e. The molecule has 10 heavy (non-hydrogen) atoms. The molecule has 2 atom stereocenters. The van der Waals surface area contributed by atoms with Gasteiger partial charge in [0.05, 0.1) is 18.8 Å². The molecule has 0 radical (unpaired) electrons. The van der Waals surface area contributed by atoms with Gasteiger partial charge in [0.2, 0.25) is 0 Å². The fourth-order valence-electron chi connectivity index (χ4n) is 1.28. The van der Waals surface area contributed by atoms with Gasteiger partial charge in [-0.3, -0.25) is 5.84 Å². The second kappa shape index (κ2) is 3.30. The van der Waals surface area contributed by atoms with Gasteiger partial charge < -0.3 is 9.84 Å². The van der Waals surface area contributed by atoms with Gasteiger partial charge in [0.25, 0.3) is 0 Å². The van der Waals surface area contributed by atoms with Crippen LogP contribution in [0, 0.1) is 0 Å². The zero-order valence-corrected chi connectivity index (χ0v) is 6.16. The summed E-state index contributed by atoms with van der Waals surface area (Å²) >= 11 is 0. The van der Waals surface area contributed by atoms with Gasteiger partial charge in [0, 0.05) is 13.7 Å². The van der Waals surface area contributed by atoms with Crippen LogP contribution in [0.25, 0.3) is 0 Å². The average Bonchev–Trinajstić information content (AvgIpc) is 2.33. The van der Waals surface area contributed by atoms with Gasteiger partial charge in [0.15, 0.2) is 0 Å². The number of hydrogen-bond donors (Lipinski definition) is 2. The van der Waals surface area contributed by atoms with Crippen molar-refractivity contribution in [3.63, 3.8) is 0 Å². The molecular formula is C6H14N2O2. The van der Waals surface area contributed by atoms with Gasteiger partial charge in [0.1, 0.15) is 0 Å². The fraction of sp³-hybridized carbons (Fsp3) is 1.00. The Morgan fingerprint density at radius 3 is 2.90 bits per heavy atom. The van der Waals surface area contributed by atoms with Crippen LogP contribution in [-0.2, 0) is 4.74 Å². The van der Waals surface area contributed by atoms with Crippen LogP contribution in [0.2, 0.25) is 0 Å². The lowest BCUT2D eigenvalue weighted by molar-refractivity contribution is 0.0254. The number of aliphatic hydroxyl groups is 1. The molecule has 0 saturated carbocycles. The molecule has 1 fully saturated rings. The van der Waals surface area contributed by atoms with Crippen molar-refractivity contribution in [3.8, 4) is 0 Å². The van der Waals surface area contributed by atoms with E-state index in [1.807, 2.05) is 0 Å². The highest BCUT2D eigenvalue weighted by Gasteiger charge is 2.29. The van der Waals surface area contributed by atoms with Crippen LogP contribution in [0.5, 0.6) is 0 Å². The normalized spacial score (nSPS) is 33.6. The van der Waals surface area contributed by atoms with Gasteiger partial charge in [-0.25, -0.2) is 5.01 Å². The van der Waals surface area contributed by atoms with E-state index in [4.69, 9.17) is 15.7 Å². The maximum absolute atomic E-state index is 8.78. The SMILES string of the molecule is CN(N)C1CCOC1CO. The smallest absolute Gasteiger partial charge is 0.0974 e. The summed E-state index contributed by atoms with van der Waals surface area (Å²) in [7, 11) is 1.79. The Morgan fingerprint density at radius 2 is 2.50 bits per heavy atom. The monoisotopic (exact) mass is 146 g/mol. The number of ether oxygens (including phenoxy) is 1. The van der Waals surface area contributed by atoms with Crippen LogP contribution in [0.15, 0.2) is 0 Å². The lowest BCUT2D eigenvalue weighted by atomic mass is 10.1. The number of nitrogens with two attached hydrogens (primary N) is 1. The van der Waals surface area contributed by atoms with E-state index in [0.717, 1.165) is 6.42 Å². The van der Waals surface area contributed by atoms with Gasteiger partial charge in [-0.2, -0.15) is 0 Å². The van der Waals surface area contributed by atoms with Crippen molar-refractivity contribution in [1.82, 2.24) is 5.01 Å². The molecule has 0 bridgehead atoms. The third-order valence-electron chi connectivity index (χ3n) is 1.88. The molecule has 1 aliphatic rings. The van der Waals surface area contributed by atoms with Crippen molar-refractivity contribution < 1.29 is 9.84 Å². The summed E-state index contributed by atoms with van der Waals surface area (Å²) in [6.45, 7) is 0.767. The summed E-state index contributed by atoms with van der Waals surface area (Å²) in [6.07, 6.45) is 0.827. The molecule has 4 nitrogen and oxygen atoms in total. The third kappa shape index (κ3) is 1.46. The first kappa shape index (κ1) is 7.94. The van der Waals surface area contributed by atoms with Crippen LogP contribution in [0.1, 0.15) is 6.42 Å². The van der Waals surface area contributed by atoms with Crippen molar-refractivity contribution in [1.29, 1.82) is 0 Å². The zero-order valence-electron chi connectivity index (χ0n) is 6.16. The molecule has 1 rings (SSSR count). The highest BCUT2D eigenvalue weighted by Crippen LogP contribution is 2.15. The maximum atomic E-state index is 8.78. The summed E-state index contributed by atoms with van der Waals surface area (Å²) in [5.74, 6) is 5.51. The molecule has 1 aliphatic heterocycles. The van der Waals surface area contributed by atoms with E-state index in [0.29, 0.717) is 6.61 Å². The molecule has 0 aromatic carbocycles. The Kier molecular flexibility index (Phi) is 2.62. The molecule has 0 aliphatic carbocycles. The van der Waals surface area contributed by atoms with Crippen molar-refractivity contribution in [3.05, 3.63) is 0 Å². The van der Waals surface area contributed by atoms with E-state index in [-0.39, 0.29) is 18.8 Å². The maximum Gasteiger partial charge on any atom is 0.0974 e. The quantitative estimate of drug-likeness (QED) is 0.385. The molecule has 1 heterocycles. The van der Waals surface area contributed by atoms with Gasteiger partial charge in [-0.15, -0.1) is 0 Å². The number of aliphatic hydroxyl groups excluding tert-OH is 1. The number of hydrazine groups is 1. The Labute approximate surface area is 60.5 Å². The first-order valence-electron chi connectivity index (χ1n) is 3.45. The van der Waals surface area contributed by atoms with Crippen LogP contribution < -0.4 is 5.84 Å². The molecular weight excluding hydrogens is 132 g/mol. The second-order valence-electron chi connectivity index (χ2n) is 2.61. The van der Waals surface area contributed by atoms with E-state index in [2.05, 4.69) is 0 Å². The first-order chi connectivity index (χ1) is 4.75.